The molecular weight excluding hydrogens is 142 g/mol. The monoisotopic (exact) mass is 157 g/mol. The van der Waals surface area contributed by atoms with E-state index in [9.17, 15) is 4.79 Å². The number of rotatable bonds is 4. The lowest BCUT2D eigenvalue weighted by Crippen LogP contribution is -2.48. The van der Waals surface area contributed by atoms with E-state index in [1.165, 1.54) is 6.08 Å². The topological polar surface area (TPSA) is 81.1 Å². The first-order valence-electron chi connectivity index (χ1n) is 3.50. The Hall–Kier alpha value is -0.870. The van der Waals surface area contributed by atoms with Crippen molar-refractivity contribution in [1.82, 2.24) is 5.32 Å². The van der Waals surface area contributed by atoms with Gasteiger partial charge in [-0.3, -0.25) is 4.79 Å². The highest BCUT2D eigenvalue weighted by atomic mass is 16.1. The Balaban J connectivity index is 3.76. The van der Waals surface area contributed by atoms with Crippen LogP contribution in [0.3, 0.4) is 0 Å². The molecule has 0 aliphatic rings. The van der Waals surface area contributed by atoms with Gasteiger partial charge in [-0.15, -0.1) is 0 Å². The van der Waals surface area contributed by atoms with Crippen molar-refractivity contribution >= 4 is 5.91 Å². The maximum atomic E-state index is 10.7. The lowest BCUT2D eigenvalue weighted by molar-refractivity contribution is -0.117. The highest BCUT2D eigenvalue weighted by Gasteiger charge is 2.11. The van der Waals surface area contributed by atoms with Crippen molar-refractivity contribution in [1.29, 1.82) is 0 Å². The molecule has 4 heteroatoms. The Kier molecular flexibility index (Phi) is 4.49. The van der Waals surface area contributed by atoms with Crippen molar-refractivity contribution in [3.05, 3.63) is 12.7 Å². The molecule has 2 unspecified atom stereocenters. The highest BCUT2D eigenvalue weighted by Crippen LogP contribution is 1.86. The lowest BCUT2D eigenvalue weighted by Gasteiger charge is -2.18. The van der Waals surface area contributed by atoms with Crippen LogP contribution in [0.15, 0.2) is 12.7 Å². The van der Waals surface area contributed by atoms with Crippen molar-refractivity contribution in [2.75, 3.05) is 6.54 Å². The maximum Gasteiger partial charge on any atom is 0.243 e. The second-order valence-electron chi connectivity index (χ2n) is 2.40. The van der Waals surface area contributed by atoms with Gasteiger partial charge in [-0.1, -0.05) is 6.58 Å². The highest BCUT2D eigenvalue weighted by molar-refractivity contribution is 5.87. The average molecular weight is 157 g/mol. The Labute approximate surface area is 66.6 Å². The molecule has 11 heavy (non-hydrogen) atoms. The van der Waals surface area contributed by atoms with Crippen molar-refractivity contribution in [2.45, 2.75) is 19.0 Å². The van der Waals surface area contributed by atoms with E-state index >= 15 is 0 Å². The van der Waals surface area contributed by atoms with Crippen LogP contribution in [-0.2, 0) is 4.79 Å². The summed E-state index contributed by atoms with van der Waals surface area (Å²) in [5.41, 5.74) is 10.8. The maximum absolute atomic E-state index is 10.7. The van der Waals surface area contributed by atoms with Crippen molar-refractivity contribution in [2.24, 2.45) is 11.5 Å². The summed E-state index contributed by atoms with van der Waals surface area (Å²) in [7, 11) is 0. The molecule has 0 aromatic rings. The van der Waals surface area contributed by atoms with Crippen LogP contribution in [0.2, 0.25) is 0 Å². The molecule has 2 atom stereocenters. The van der Waals surface area contributed by atoms with E-state index in [0.717, 1.165) is 0 Å². The van der Waals surface area contributed by atoms with Crippen LogP contribution in [-0.4, -0.2) is 24.5 Å². The largest absolute Gasteiger partial charge is 0.349 e. The summed E-state index contributed by atoms with van der Waals surface area (Å²) in [5, 5.41) is 2.62. The molecule has 64 valence electrons. The van der Waals surface area contributed by atoms with Crippen molar-refractivity contribution < 1.29 is 4.79 Å². The molecule has 0 bridgehead atoms. The Morgan fingerprint density at radius 2 is 2.36 bits per heavy atom. The van der Waals surface area contributed by atoms with Gasteiger partial charge in [0.15, 0.2) is 0 Å². The van der Waals surface area contributed by atoms with Crippen LogP contribution in [0.25, 0.3) is 0 Å². The summed E-state index contributed by atoms with van der Waals surface area (Å²) in [6, 6.07) is -0.301. The zero-order chi connectivity index (χ0) is 8.85. The summed E-state index contributed by atoms with van der Waals surface area (Å²) in [6.07, 6.45) is 1.21. The van der Waals surface area contributed by atoms with Crippen LogP contribution >= 0.6 is 0 Å². The third-order valence-electron chi connectivity index (χ3n) is 1.47. The molecule has 4 nitrogen and oxygen atoms in total. The molecule has 0 radical (unpaired) electrons. The third kappa shape index (κ3) is 3.75. The van der Waals surface area contributed by atoms with Crippen molar-refractivity contribution in [3.8, 4) is 0 Å². The Morgan fingerprint density at radius 1 is 1.82 bits per heavy atom. The van der Waals surface area contributed by atoms with E-state index < -0.39 is 0 Å². The second-order valence-corrected chi connectivity index (χ2v) is 2.40. The zero-order valence-electron chi connectivity index (χ0n) is 6.71. The Morgan fingerprint density at radius 3 is 2.73 bits per heavy atom. The van der Waals surface area contributed by atoms with Crippen LogP contribution in [0.1, 0.15) is 6.92 Å². The standard InChI is InChI=1S/C7H15N3O/c1-3-7(11)10-5(2)6(9)4-8/h3,5-6H,1,4,8-9H2,2H3,(H,10,11). The number of hydrogen-bond acceptors (Lipinski definition) is 3. The van der Waals surface area contributed by atoms with Crippen LogP contribution in [0, 0.1) is 0 Å². The van der Waals surface area contributed by atoms with Gasteiger partial charge in [0.2, 0.25) is 5.91 Å². The SMILES string of the molecule is C=CC(=O)NC(C)C(N)CN. The van der Waals surface area contributed by atoms with E-state index in [-0.39, 0.29) is 18.0 Å². The van der Waals surface area contributed by atoms with Gasteiger partial charge in [-0.25, -0.2) is 0 Å². The molecule has 5 N–H and O–H groups in total. The quantitative estimate of drug-likeness (QED) is 0.456. The molecule has 0 aromatic heterocycles. The minimum absolute atomic E-state index is 0.106. The molecule has 1 amide bonds. The Bertz CT molecular complexity index is 147. The fourth-order valence-electron chi connectivity index (χ4n) is 0.594. The molecular formula is C7H15N3O. The molecule has 0 saturated heterocycles. The zero-order valence-corrected chi connectivity index (χ0v) is 6.71. The number of nitrogens with two attached hydrogens (primary N) is 2. The molecule has 0 fully saturated rings. The first-order chi connectivity index (χ1) is 5.11. The van der Waals surface area contributed by atoms with Gasteiger partial charge in [0.1, 0.15) is 0 Å². The molecule has 0 aliphatic heterocycles. The number of hydrogen-bond donors (Lipinski definition) is 3. The average Bonchev–Trinajstić information content (AvgIpc) is 2.02. The van der Waals surface area contributed by atoms with Gasteiger partial charge in [-0.2, -0.15) is 0 Å². The van der Waals surface area contributed by atoms with Gasteiger partial charge in [0, 0.05) is 18.6 Å². The number of carbonyl (C=O) groups excluding carboxylic acids is 1. The fraction of sp³-hybridized carbons (Fsp3) is 0.571. The summed E-state index contributed by atoms with van der Waals surface area (Å²) in [4.78, 5) is 10.7. The molecule has 0 heterocycles. The van der Waals surface area contributed by atoms with Crippen molar-refractivity contribution in [3.63, 3.8) is 0 Å². The minimum Gasteiger partial charge on any atom is -0.349 e. The summed E-state index contributed by atoms with van der Waals surface area (Å²) >= 11 is 0. The van der Waals surface area contributed by atoms with E-state index in [2.05, 4.69) is 11.9 Å². The van der Waals surface area contributed by atoms with Gasteiger partial charge >= 0.3 is 0 Å². The predicted molar refractivity (Wildman–Crippen MR) is 44.8 cm³/mol. The predicted octanol–water partition coefficient (Wildman–Crippen LogP) is -1.04. The van der Waals surface area contributed by atoms with Crippen LogP contribution in [0.4, 0.5) is 0 Å². The minimum atomic E-state index is -0.221. The molecule has 0 aliphatic carbocycles. The smallest absolute Gasteiger partial charge is 0.243 e. The van der Waals surface area contributed by atoms with Gasteiger partial charge in [-0.05, 0) is 13.0 Å². The first-order valence-corrected chi connectivity index (χ1v) is 3.50. The number of amides is 1. The fourth-order valence-corrected chi connectivity index (χ4v) is 0.594. The van der Waals surface area contributed by atoms with Crippen LogP contribution < -0.4 is 16.8 Å². The lowest BCUT2D eigenvalue weighted by atomic mass is 10.1. The van der Waals surface area contributed by atoms with Crippen LogP contribution in [0.5, 0.6) is 0 Å². The normalized spacial score (nSPS) is 15.2. The molecule has 0 spiro atoms. The molecule has 0 aromatic carbocycles. The number of carbonyl (C=O) groups is 1. The first kappa shape index (κ1) is 10.1. The van der Waals surface area contributed by atoms with E-state index in [1.54, 1.807) is 6.92 Å². The molecule has 0 rings (SSSR count). The van der Waals surface area contributed by atoms with Gasteiger partial charge < -0.3 is 16.8 Å². The van der Waals surface area contributed by atoms with Gasteiger partial charge in [0.25, 0.3) is 0 Å². The summed E-state index contributed by atoms with van der Waals surface area (Å²) in [5.74, 6) is -0.221. The molecule has 0 saturated carbocycles. The number of nitrogens with one attached hydrogen (secondary N) is 1. The van der Waals surface area contributed by atoms with E-state index in [0.29, 0.717) is 6.54 Å². The second kappa shape index (κ2) is 4.87. The summed E-state index contributed by atoms with van der Waals surface area (Å²) < 4.78 is 0. The van der Waals surface area contributed by atoms with E-state index in [4.69, 9.17) is 11.5 Å². The third-order valence-corrected chi connectivity index (χ3v) is 1.47. The van der Waals surface area contributed by atoms with Gasteiger partial charge in [0.05, 0.1) is 0 Å². The van der Waals surface area contributed by atoms with E-state index in [1.807, 2.05) is 0 Å². The summed E-state index contributed by atoms with van der Waals surface area (Å²) in [6.45, 7) is 5.48.